The predicted molar refractivity (Wildman–Crippen MR) is 95.2 cm³/mol. The Morgan fingerprint density at radius 2 is 1.96 bits per heavy atom. The number of benzene rings is 1. The summed E-state index contributed by atoms with van der Waals surface area (Å²) in [4.78, 5) is 28.5. The van der Waals surface area contributed by atoms with Gasteiger partial charge < -0.3 is 24.0 Å². The lowest BCUT2D eigenvalue weighted by Gasteiger charge is -2.45. The highest BCUT2D eigenvalue weighted by atomic mass is 16.5. The van der Waals surface area contributed by atoms with Crippen molar-refractivity contribution in [2.75, 3.05) is 34.4 Å². The Morgan fingerprint density at radius 1 is 1.15 bits per heavy atom. The van der Waals surface area contributed by atoms with Crippen LogP contribution in [0.15, 0.2) is 18.2 Å². The van der Waals surface area contributed by atoms with Gasteiger partial charge in [-0.1, -0.05) is 0 Å². The molecular weight excluding hydrogens is 336 g/mol. The highest BCUT2D eigenvalue weighted by Gasteiger charge is 2.40. The van der Waals surface area contributed by atoms with Crippen molar-refractivity contribution in [1.82, 2.24) is 9.80 Å². The molecule has 2 aliphatic heterocycles. The van der Waals surface area contributed by atoms with Crippen molar-refractivity contribution < 1.29 is 23.8 Å². The number of carbonyl (C=O) groups is 2. The molecule has 2 atom stereocenters. The second-order valence-electron chi connectivity index (χ2n) is 6.77. The average molecular weight is 362 g/mol. The smallest absolute Gasteiger partial charge is 0.320 e. The standard InChI is InChI=1S/C19H26N2O5/c1-24-16-7-5-13(17(10-16)25-2)11-20-9-8-15-6-4-14(18(22)26-3)12-21(15)19(20)23/h5,7,10,14-15H,4,6,8-9,11-12H2,1-3H3/t14-,15-/m1/s1. The van der Waals surface area contributed by atoms with Crippen LogP contribution in [0.5, 0.6) is 11.5 Å². The molecule has 2 heterocycles. The molecule has 0 aliphatic carbocycles. The highest BCUT2D eigenvalue weighted by Crippen LogP contribution is 2.31. The molecule has 0 bridgehead atoms. The van der Waals surface area contributed by atoms with Gasteiger partial charge in [0.2, 0.25) is 0 Å². The third kappa shape index (κ3) is 3.57. The molecule has 2 saturated heterocycles. The van der Waals surface area contributed by atoms with Crippen molar-refractivity contribution in [2.45, 2.75) is 31.8 Å². The van der Waals surface area contributed by atoms with Gasteiger partial charge in [0.15, 0.2) is 0 Å². The van der Waals surface area contributed by atoms with Gasteiger partial charge in [0.25, 0.3) is 0 Å². The Morgan fingerprint density at radius 3 is 2.65 bits per heavy atom. The van der Waals surface area contributed by atoms with Gasteiger partial charge >= 0.3 is 12.0 Å². The number of nitrogens with zero attached hydrogens (tertiary/aromatic N) is 2. The highest BCUT2D eigenvalue weighted by molar-refractivity contribution is 5.78. The molecule has 26 heavy (non-hydrogen) atoms. The van der Waals surface area contributed by atoms with E-state index in [0.717, 1.165) is 24.8 Å². The first-order chi connectivity index (χ1) is 12.6. The molecule has 0 saturated carbocycles. The summed E-state index contributed by atoms with van der Waals surface area (Å²) in [5, 5.41) is 0. The largest absolute Gasteiger partial charge is 0.497 e. The minimum absolute atomic E-state index is 0.0206. The quantitative estimate of drug-likeness (QED) is 0.752. The number of esters is 1. The van der Waals surface area contributed by atoms with Crippen molar-refractivity contribution in [3.63, 3.8) is 0 Å². The summed E-state index contributed by atoms with van der Waals surface area (Å²) in [6, 6.07) is 5.80. The van der Waals surface area contributed by atoms with Crippen LogP contribution >= 0.6 is 0 Å². The number of hydrogen-bond acceptors (Lipinski definition) is 5. The third-order valence-electron chi connectivity index (χ3n) is 5.34. The number of hydrogen-bond donors (Lipinski definition) is 0. The van der Waals surface area contributed by atoms with E-state index in [2.05, 4.69) is 0 Å². The van der Waals surface area contributed by atoms with Gasteiger partial charge in [-0.2, -0.15) is 0 Å². The number of fused-ring (bicyclic) bond motifs is 1. The fourth-order valence-electron chi connectivity index (χ4n) is 3.84. The lowest BCUT2D eigenvalue weighted by molar-refractivity contribution is -0.147. The van der Waals surface area contributed by atoms with Crippen LogP contribution in [-0.2, 0) is 16.1 Å². The molecule has 0 spiro atoms. The normalized spacial score (nSPS) is 22.7. The van der Waals surface area contributed by atoms with Gasteiger partial charge in [-0.05, 0) is 31.4 Å². The van der Waals surface area contributed by atoms with Crippen molar-refractivity contribution in [1.29, 1.82) is 0 Å². The SMILES string of the molecule is COC(=O)[C@@H]1CC[C@@H]2CCN(Cc3ccc(OC)cc3OC)C(=O)N2C1. The zero-order valence-corrected chi connectivity index (χ0v) is 15.6. The number of piperidine rings is 1. The van der Waals surface area contributed by atoms with E-state index >= 15 is 0 Å². The topological polar surface area (TPSA) is 68.3 Å². The second-order valence-corrected chi connectivity index (χ2v) is 6.77. The van der Waals surface area contributed by atoms with Crippen molar-refractivity contribution >= 4 is 12.0 Å². The molecule has 142 valence electrons. The summed E-state index contributed by atoms with van der Waals surface area (Å²) in [6.45, 7) is 1.61. The van der Waals surface area contributed by atoms with E-state index in [1.165, 1.54) is 7.11 Å². The Hall–Kier alpha value is -2.44. The van der Waals surface area contributed by atoms with Crippen LogP contribution in [0.25, 0.3) is 0 Å². The molecule has 1 aromatic rings. The maximum absolute atomic E-state index is 13.0. The van der Waals surface area contributed by atoms with Gasteiger partial charge in [-0.25, -0.2) is 4.79 Å². The van der Waals surface area contributed by atoms with E-state index in [0.29, 0.717) is 31.1 Å². The Bertz CT molecular complexity index is 678. The van der Waals surface area contributed by atoms with Crippen molar-refractivity contribution in [3.8, 4) is 11.5 Å². The minimum Gasteiger partial charge on any atom is -0.497 e. The number of amides is 2. The van der Waals surface area contributed by atoms with E-state index in [1.807, 2.05) is 28.0 Å². The van der Waals surface area contributed by atoms with E-state index in [9.17, 15) is 9.59 Å². The Kier molecular flexibility index (Phi) is 5.54. The number of ether oxygens (including phenoxy) is 3. The first kappa shape index (κ1) is 18.4. The Balaban J connectivity index is 1.72. The zero-order valence-electron chi connectivity index (χ0n) is 15.6. The third-order valence-corrected chi connectivity index (χ3v) is 5.34. The van der Waals surface area contributed by atoms with E-state index < -0.39 is 0 Å². The summed E-state index contributed by atoms with van der Waals surface area (Å²) in [5.41, 5.74) is 0.932. The maximum atomic E-state index is 13.0. The molecule has 0 radical (unpaired) electrons. The summed E-state index contributed by atoms with van der Waals surface area (Å²) in [7, 11) is 4.61. The maximum Gasteiger partial charge on any atom is 0.320 e. The fraction of sp³-hybridized carbons (Fsp3) is 0.579. The fourth-order valence-corrected chi connectivity index (χ4v) is 3.84. The number of methoxy groups -OCH3 is 3. The van der Waals surface area contributed by atoms with Crippen LogP contribution in [0.4, 0.5) is 4.79 Å². The molecule has 7 nitrogen and oxygen atoms in total. The van der Waals surface area contributed by atoms with Crippen molar-refractivity contribution in [3.05, 3.63) is 23.8 Å². The van der Waals surface area contributed by atoms with Crippen LogP contribution in [0.1, 0.15) is 24.8 Å². The van der Waals surface area contributed by atoms with Gasteiger partial charge in [0.05, 0.1) is 33.8 Å². The summed E-state index contributed by atoms with van der Waals surface area (Å²) in [6.07, 6.45) is 2.55. The number of carbonyl (C=O) groups excluding carboxylic acids is 2. The second kappa shape index (κ2) is 7.85. The van der Waals surface area contributed by atoms with Crippen LogP contribution in [-0.4, -0.2) is 62.3 Å². The zero-order chi connectivity index (χ0) is 18.7. The first-order valence-electron chi connectivity index (χ1n) is 8.91. The average Bonchev–Trinajstić information content (AvgIpc) is 2.69. The molecule has 0 N–H and O–H groups in total. The van der Waals surface area contributed by atoms with E-state index in [4.69, 9.17) is 14.2 Å². The molecule has 1 aromatic carbocycles. The lowest BCUT2D eigenvalue weighted by Crippen LogP contribution is -2.58. The molecule has 0 aromatic heterocycles. The Labute approximate surface area is 153 Å². The lowest BCUT2D eigenvalue weighted by atomic mass is 9.90. The van der Waals surface area contributed by atoms with Crippen LogP contribution in [0.2, 0.25) is 0 Å². The molecule has 2 amide bonds. The van der Waals surface area contributed by atoms with Gasteiger partial charge in [-0.3, -0.25) is 4.79 Å². The summed E-state index contributed by atoms with van der Waals surface area (Å²) in [5.74, 6) is 0.957. The number of rotatable bonds is 5. The molecule has 3 rings (SSSR count). The van der Waals surface area contributed by atoms with E-state index in [-0.39, 0.29) is 24.0 Å². The first-order valence-corrected chi connectivity index (χ1v) is 8.91. The van der Waals surface area contributed by atoms with Gasteiger partial charge in [0.1, 0.15) is 11.5 Å². The summed E-state index contributed by atoms with van der Waals surface area (Å²) >= 11 is 0. The predicted octanol–water partition coefficient (Wildman–Crippen LogP) is 2.28. The molecule has 0 unspecified atom stereocenters. The van der Waals surface area contributed by atoms with E-state index in [1.54, 1.807) is 14.2 Å². The minimum atomic E-state index is -0.231. The summed E-state index contributed by atoms with van der Waals surface area (Å²) < 4.78 is 15.5. The van der Waals surface area contributed by atoms with Gasteiger partial charge in [0, 0.05) is 30.8 Å². The van der Waals surface area contributed by atoms with Crippen LogP contribution < -0.4 is 9.47 Å². The molecule has 2 fully saturated rings. The monoisotopic (exact) mass is 362 g/mol. The van der Waals surface area contributed by atoms with Crippen molar-refractivity contribution in [2.24, 2.45) is 5.92 Å². The molecule has 2 aliphatic rings. The van der Waals surface area contributed by atoms with Gasteiger partial charge in [-0.15, -0.1) is 0 Å². The molecular formula is C19H26N2O5. The number of urea groups is 1. The molecule has 7 heteroatoms. The van der Waals surface area contributed by atoms with Crippen LogP contribution in [0.3, 0.4) is 0 Å². The van der Waals surface area contributed by atoms with Crippen LogP contribution in [0, 0.1) is 5.92 Å².